The van der Waals surface area contributed by atoms with Crippen LogP contribution in [0.3, 0.4) is 0 Å². The zero-order valence-corrected chi connectivity index (χ0v) is 10.1. The predicted octanol–water partition coefficient (Wildman–Crippen LogP) is 3.41. The Morgan fingerprint density at radius 2 is 2.24 bits per heavy atom. The quantitative estimate of drug-likeness (QED) is 0.716. The highest BCUT2D eigenvalue weighted by Crippen LogP contribution is 2.32. The molecule has 0 N–H and O–H groups in total. The van der Waals surface area contributed by atoms with Crippen LogP contribution in [-0.4, -0.2) is 11.6 Å². The van der Waals surface area contributed by atoms with Crippen LogP contribution in [0.2, 0.25) is 5.02 Å². The minimum atomic E-state index is -0.309. The van der Waals surface area contributed by atoms with Crippen molar-refractivity contribution in [3.63, 3.8) is 0 Å². The fourth-order valence-electron chi connectivity index (χ4n) is 2.20. The first-order chi connectivity index (χ1) is 8.16. The molecule has 0 fully saturated rings. The molecule has 1 aromatic heterocycles. The second kappa shape index (κ2) is 3.93. The summed E-state index contributed by atoms with van der Waals surface area (Å²) in [5.41, 5.74) is 2.96. The number of rotatable bonds is 0. The van der Waals surface area contributed by atoms with E-state index in [1.165, 1.54) is 6.07 Å². The molecule has 0 saturated heterocycles. The molecule has 1 aromatic carbocycles. The maximum atomic E-state index is 13.8. The topological polar surface area (TPSA) is 22.1 Å². The van der Waals surface area contributed by atoms with Gasteiger partial charge in [-0.15, -0.1) is 0 Å². The van der Waals surface area contributed by atoms with E-state index in [0.29, 0.717) is 35.6 Å². The molecule has 1 aliphatic rings. The summed E-state index contributed by atoms with van der Waals surface area (Å²) >= 11 is 6.32. The van der Waals surface area contributed by atoms with Gasteiger partial charge in [-0.3, -0.25) is 0 Å². The van der Waals surface area contributed by atoms with Gasteiger partial charge in [-0.25, -0.2) is 9.37 Å². The van der Waals surface area contributed by atoms with Crippen molar-refractivity contribution in [1.82, 2.24) is 4.98 Å². The van der Waals surface area contributed by atoms with E-state index in [9.17, 15) is 4.39 Å². The van der Waals surface area contributed by atoms with E-state index in [2.05, 4.69) is 4.98 Å². The van der Waals surface area contributed by atoms with Crippen molar-refractivity contribution in [3.05, 3.63) is 39.8 Å². The molecule has 0 atom stereocenters. The third-order valence-corrected chi connectivity index (χ3v) is 3.47. The summed E-state index contributed by atoms with van der Waals surface area (Å²) in [6, 6.07) is 3.35. The van der Waals surface area contributed by atoms with Gasteiger partial charge in [-0.1, -0.05) is 11.6 Å². The van der Waals surface area contributed by atoms with E-state index in [1.807, 2.05) is 13.0 Å². The van der Waals surface area contributed by atoms with Gasteiger partial charge in [0.05, 0.1) is 23.9 Å². The molecular weight excluding hydrogens is 241 g/mol. The van der Waals surface area contributed by atoms with Crippen LogP contribution in [0.15, 0.2) is 12.1 Å². The van der Waals surface area contributed by atoms with Crippen LogP contribution < -0.4 is 0 Å². The SMILES string of the molecule is Cc1cc(F)c2nc3c(c(Cl)c2c1)COCC3. The first-order valence-corrected chi connectivity index (χ1v) is 5.89. The van der Waals surface area contributed by atoms with Crippen LogP contribution in [0.1, 0.15) is 16.8 Å². The standard InChI is InChI=1S/C13H11ClFNO/c1-7-4-8-12(14)9-6-17-3-2-11(9)16-13(8)10(15)5-7/h4-5H,2-3,6H2,1H3. The van der Waals surface area contributed by atoms with Gasteiger partial charge in [0.25, 0.3) is 0 Å². The Balaban J connectivity index is 2.40. The van der Waals surface area contributed by atoms with Crippen molar-refractivity contribution in [2.24, 2.45) is 0 Å². The number of hydrogen-bond donors (Lipinski definition) is 0. The maximum absolute atomic E-state index is 13.8. The fourth-order valence-corrected chi connectivity index (χ4v) is 2.51. The van der Waals surface area contributed by atoms with Gasteiger partial charge in [-0.05, 0) is 24.6 Å². The van der Waals surface area contributed by atoms with Gasteiger partial charge in [-0.2, -0.15) is 0 Å². The monoisotopic (exact) mass is 251 g/mol. The Hall–Kier alpha value is -1.19. The second-order valence-corrected chi connectivity index (χ2v) is 4.67. The first-order valence-electron chi connectivity index (χ1n) is 5.51. The number of ether oxygens (including phenoxy) is 1. The molecule has 17 heavy (non-hydrogen) atoms. The summed E-state index contributed by atoms with van der Waals surface area (Å²) in [5.74, 6) is -0.309. The lowest BCUT2D eigenvalue weighted by Crippen LogP contribution is -2.13. The smallest absolute Gasteiger partial charge is 0.149 e. The van der Waals surface area contributed by atoms with Crippen molar-refractivity contribution < 1.29 is 9.13 Å². The van der Waals surface area contributed by atoms with Gasteiger partial charge in [0.1, 0.15) is 11.3 Å². The molecule has 0 unspecified atom stereocenters. The highest BCUT2D eigenvalue weighted by Gasteiger charge is 2.19. The summed E-state index contributed by atoms with van der Waals surface area (Å²) in [6.07, 6.45) is 0.693. The normalized spacial score (nSPS) is 15.0. The molecule has 88 valence electrons. The molecule has 2 aromatic rings. The Morgan fingerprint density at radius 1 is 1.41 bits per heavy atom. The number of aromatic nitrogens is 1. The number of aryl methyl sites for hydroxylation is 1. The average molecular weight is 252 g/mol. The molecule has 1 aliphatic heterocycles. The van der Waals surface area contributed by atoms with Crippen LogP contribution in [0.25, 0.3) is 10.9 Å². The first kappa shape index (κ1) is 10.9. The average Bonchev–Trinajstić information content (AvgIpc) is 2.31. The van der Waals surface area contributed by atoms with Gasteiger partial charge in [0.2, 0.25) is 0 Å². The Bertz CT molecular complexity index is 612. The third kappa shape index (κ3) is 1.70. The summed E-state index contributed by atoms with van der Waals surface area (Å²) in [5, 5.41) is 1.25. The number of pyridine rings is 1. The summed E-state index contributed by atoms with van der Waals surface area (Å²) in [6.45, 7) is 2.93. The van der Waals surface area contributed by atoms with Gasteiger partial charge in [0.15, 0.2) is 0 Å². The van der Waals surface area contributed by atoms with Crippen molar-refractivity contribution >= 4 is 22.5 Å². The zero-order chi connectivity index (χ0) is 12.0. The van der Waals surface area contributed by atoms with Crippen molar-refractivity contribution in [1.29, 1.82) is 0 Å². The molecule has 2 nitrogen and oxygen atoms in total. The van der Waals surface area contributed by atoms with E-state index in [4.69, 9.17) is 16.3 Å². The molecule has 4 heteroatoms. The fraction of sp³-hybridized carbons (Fsp3) is 0.308. The summed E-state index contributed by atoms with van der Waals surface area (Å²) < 4.78 is 19.2. The molecule has 0 amide bonds. The molecule has 2 heterocycles. The van der Waals surface area contributed by atoms with Crippen LogP contribution in [0.5, 0.6) is 0 Å². The minimum Gasteiger partial charge on any atom is -0.376 e. The van der Waals surface area contributed by atoms with E-state index < -0.39 is 0 Å². The van der Waals surface area contributed by atoms with Gasteiger partial charge < -0.3 is 4.74 Å². The third-order valence-electron chi connectivity index (χ3n) is 3.03. The highest BCUT2D eigenvalue weighted by atomic mass is 35.5. The lowest BCUT2D eigenvalue weighted by atomic mass is 10.0. The van der Waals surface area contributed by atoms with Gasteiger partial charge >= 0.3 is 0 Å². The Kier molecular flexibility index (Phi) is 2.53. The van der Waals surface area contributed by atoms with E-state index >= 15 is 0 Å². The summed E-state index contributed by atoms with van der Waals surface area (Å²) in [7, 11) is 0. The number of fused-ring (bicyclic) bond motifs is 2. The van der Waals surface area contributed by atoms with E-state index in [-0.39, 0.29) is 5.82 Å². The molecule has 0 bridgehead atoms. The molecule has 0 radical (unpaired) electrons. The van der Waals surface area contributed by atoms with Gasteiger partial charge in [0, 0.05) is 17.4 Å². The number of halogens is 2. The maximum Gasteiger partial charge on any atom is 0.149 e. The molecule has 0 saturated carbocycles. The van der Waals surface area contributed by atoms with Crippen LogP contribution in [0, 0.1) is 12.7 Å². The summed E-state index contributed by atoms with van der Waals surface area (Å²) in [4.78, 5) is 4.38. The van der Waals surface area contributed by atoms with Crippen molar-refractivity contribution in [3.8, 4) is 0 Å². The zero-order valence-electron chi connectivity index (χ0n) is 9.39. The van der Waals surface area contributed by atoms with Crippen molar-refractivity contribution in [2.45, 2.75) is 20.0 Å². The molecule has 3 rings (SSSR count). The molecule has 0 spiro atoms. The highest BCUT2D eigenvalue weighted by molar-refractivity contribution is 6.36. The molecular formula is C13H11ClFNO. The van der Waals surface area contributed by atoms with E-state index in [0.717, 1.165) is 16.8 Å². The second-order valence-electron chi connectivity index (χ2n) is 4.30. The van der Waals surface area contributed by atoms with Crippen LogP contribution in [-0.2, 0) is 17.8 Å². The lowest BCUT2D eigenvalue weighted by molar-refractivity contribution is 0.109. The largest absolute Gasteiger partial charge is 0.376 e. The predicted molar refractivity (Wildman–Crippen MR) is 64.8 cm³/mol. The van der Waals surface area contributed by atoms with Crippen LogP contribution >= 0.6 is 11.6 Å². The number of nitrogens with zero attached hydrogens (tertiary/aromatic N) is 1. The van der Waals surface area contributed by atoms with Crippen molar-refractivity contribution in [2.75, 3.05) is 6.61 Å². The molecule has 0 aliphatic carbocycles. The minimum absolute atomic E-state index is 0.309. The number of hydrogen-bond acceptors (Lipinski definition) is 2. The van der Waals surface area contributed by atoms with Crippen LogP contribution in [0.4, 0.5) is 4.39 Å². The Morgan fingerprint density at radius 3 is 3.06 bits per heavy atom. The lowest BCUT2D eigenvalue weighted by Gasteiger charge is -2.18. The Labute approximate surface area is 103 Å². The number of benzene rings is 1. The van der Waals surface area contributed by atoms with E-state index in [1.54, 1.807) is 0 Å².